The summed E-state index contributed by atoms with van der Waals surface area (Å²) in [5.74, 6) is -0.0685. The second-order valence-corrected chi connectivity index (χ2v) is 8.64. The normalized spacial score (nSPS) is 43.5. The summed E-state index contributed by atoms with van der Waals surface area (Å²) in [6.45, 7) is -3.94. The summed E-state index contributed by atoms with van der Waals surface area (Å²) in [6.07, 6.45) is -7.21. The maximum absolute atomic E-state index is 12.5. The van der Waals surface area contributed by atoms with E-state index in [1.54, 1.807) is 0 Å². The van der Waals surface area contributed by atoms with E-state index in [0.29, 0.717) is 0 Å². The van der Waals surface area contributed by atoms with Crippen molar-refractivity contribution in [3.8, 4) is 0 Å². The van der Waals surface area contributed by atoms with E-state index in [1.165, 1.54) is 9.80 Å². The summed E-state index contributed by atoms with van der Waals surface area (Å²) < 4.78 is 35.8. The third-order valence-corrected chi connectivity index (χ3v) is 6.62. The number of ether oxygens (including phenoxy) is 2. The molecule has 18 nitrogen and oxygen atoms in total. The molecule has 6 aliphatic heterocycles. The van der Waals surface area contributed by atoms with Crippen molar-refractivity contribution in [3.05, 3.63) is 0 Å². The predicted octanol–water partition coefficient (Wildman–Crippen LogP) is -7.98. The minimum atomic E-state index is -2.88. The Labute approximate surface area is 225 Å². The second-order valence-electron chi connectivity index (χ2n) is 8.64. The maximum atomic E-state index is 12.5. The number of nitrogens with one attached hydrogen (secondary N) is 2. The van der Waals surface area contributed by atoms with E-state index in [-0.39, 0.29) is 54.8 Å². The largest absolute Gasteiger partial charge is 1.00 e. The Morgan fingerprint density at radius 1 is 0.806 bits per heavy atom. The second kappa shape index (κ2) is 9.51. The SMILES string of the molecule is NC1=NCN([C@@H]2O[C@H](CO)[C@H]3O[B-]4(O[C@H]32)O[C@@H]2[C@H](O4)[C@@H](CO)O[C@H]2N2CN=C(N)NC2=O)C(=O)N1.[Na+]. The van der Waals surface area contributed by atoms with Crippen LogP contribution in [0.3, 0.4) is 0 Å². The molecule has 6 rings (SSSR count). The van der Waals surface area contributed by atoms with Crippen molar-refractivity contribution in [1.82, 2.24) is 20.4 Å². The number of rotatable bonds is 4. The zero-order chi connectivity index (χ0) is 24.5. The van der Waals surface area contributed by atoms with Crippen LogP contribution in [0.5, 0.6) is 0 Å². The van der Waals surface area contributed by atoms with Gasteiger partial charge in [0.25, 0.3) is 0 Å². The Morgan fingerprint density at radius 2 is 1.19 bits per heavy atom. The molecule has 6 heterocycles. The molecule has 0 aromatic carbocycles. The molecule has 0 aromatic heterocycles. The average Bonchev–Trinajstić information content (AvgIpc) is 3.54. The molecule has 0 saturated carbocycles. The zero-order valence-electron chi connectivity index (χ0n) is 19.1. The van der Waals surface area contributed by atoms with E-state index in [2.05, 4.69) is 20.6 Å². The molecule has 0 aromatic rings. The number of hydrogen-bond acceptors (Lipinski definition) is 14. The van der Waals surface area contributed by atoms with E-state index in [4.69, 9.17) is 39.6 Å². The van der Waals surface area contributed by atoms with Crippen LogP contribution in [0.1, 0.15) is 0 Å². The smallest absolute Gasteiger partial charge is 0.512 e. The fraction of sp³-hybridized carbons (Fsp3) is 0.750. The number of urea groups is 2. The van der Waals surface area contributed by atoms with Crippen molar-refractivity contribution in [3.63, 3.8) is 0 Å². The number of amides is 4. The standard InChI is InChI=1S/C16H24BN8O10.Na/c18-13-20-3-24(15(28)22-13)11-9-7(5(1-26)30-11)32-17(34-9)33-8-6(2-27)31-12(10(8)35-17)25-4-21-14(19)23-16(25)29;/h5-12,26-27H,1-4H2,(H3,18,20,22,28)(H3,19,21,23,29);/q-1;+1/t5-,6-,7-,8-,9-,10-,11-,12-,17?;/m1./s1. The Morgan fingerprint density at radius 3 is 1.56 bits per heavy atom. The number of aliphatic imine (C=N–C) groups is 2. The van der Waals surface area contributed by atoms with E-state index < -0.39 is 81.3 Å². The third-order valence-electron chi connectivity index (χ3n) is 6.62. The van der Waals surface area contributed by atoms with Gasteiger partial charge in [0.2, 0.25) is 0 Å². The van der Waals surface area contributed by atoms with Crippen molar-refractivity contribution in [2.75, 3.05) is 26.6 Å². The van der Waals surface area contributed by atoms with Gasteiger partial charge < -0.3 is 49.8 Å². The fourth-order valence-corrected chi connectivity index (χ4v) is 5.06. The van der Waals surface area contributed by atoms with Crippen molar-refractivity contribution in [2.24, 2.45) is 21.5 Å². The summed E-state index contributed by atoms with van der Waals surface area (Å²) in [6, 6.07) is -1.13. The Hall–Kier alpha value is -1.78. The van der Waals surface area contributed by atoms with Gasteiger partial charge in [-0.2, -0.15) is 0 Å². The Kier molecular flexibility index (Phi) is 6.83. The molecule has 192 valence electrons. The van der Waals surface area contributed by atoms with Gasteiger partial charge in [-0.15, -0.1) is 0 Å². The first-order chi connectivity index (χ1) is 16.8. The molecular formula is C16H24BN8NaO10. The number of aliphatic hydroxyl groups is 2. The van der Waals surface area contributed by atoms with Crippen LogP contribution in [0, 0.1) is 0 Å². The summed E-state index contributed by atoms with van der Waals surface area (Å²) in [5.41, 5.74) is 11.1. The number of aliphatic hydroxyl groups excluding tert-OH is 2. The van der Waals surface area contributed by atoms with Crippen LogP contribution in [0.4, 0.5) is 9.59 Å². The van der Waals surface area contributed by atoms with Gasteiger partial charge in [0.1, 0.15) is 25.5 Å². The minimum Gasteiger partial charge on any atom is -0.512 e. The summed E-state index contributed by atoms with van der Waals surface area (Å²) >= 11 is 0. The van der Waals surface area contributed by atoms with Crippen LogP contribution >= 0.6 is 0 Å². The maximum Gasteiger partial charge on any atom is 1.00 e. The summed E-state index contributed by atoms with van der Waals surface area (Å²) in [7, 11) is 0. The molecule has 6 aliphatic rings. The molecule has 0 bridgehead atoms. The van der Waals surface area contributed by atoms with Crippen LogP contribution in [-0.2, 0) is 28.1 Å². The molecule has 0 aliphatic carbocycles. The molecule has 8 atom stereocenters. The molecular weight excluding hydrogens is 498 g/mol. The van der Waals surface area contributed by atoms with Gasteiger partial charge in [0.05, 0.1) is 37.6 Å². The van der Waals surface area contributed by atoms with E-state index in [0.717, 1.165) is 0 Å². The number of guanidine groups is 2. The molecule has 0 radical (unpaired) electrons. The van der Waals surface area contributed by atoms with Crippen LogP contribution in [0.15, 0.2) is 9.98 Å². The van der Waals surface area contributed by atoms with Gasteiger partial charge in [0, 0.05) is 0 Å². The Bertz CT molecular complexity index is 917. The van der Waals surface area contributed by atoms with Crippen LogP contribution in [0.25, 0.3) is 0 Å². The van der Waals surface area contributed by atoms with Gasteiger partial charge in [-0.25, -0.2) is 19.6 Å². The molecule has 4 amide bonds. The fourth-order valence-electron chi connectivity index (χ4n) is 5.06. The first-order valence-corrected chi connectivity index (χ1v) is 10.9. The molecule has 20 heteroatoms. The monoisotopic (exact) mass is 522 g/mol. The number of carbonyl (C=O) groups excluding carboxylic acids is 2. The summed E-state index contributed by atoms with van der Waals surface area (Å²) in [5, 5.41) is 24.5. The molecule has 0 unspecified atom stereocenters. The number of nitrogens with zero attached hydrogens (tertiary/aromatic N) is 4. The molecule has 8 N–H and O–H groups in total. The van der Waals surface area contributed by atoms with Crippen LogP contribution < -0.4 is 51.7 Å². The van der Waals surface area contributed by atoms with Gasteiger partial charge in [0.15, 0.2) is 24.4 Å². The van der Waals surface area contributed by atoms with Gasteiger partial charge >= 0.3 is 48.6 Å². The number of nitrogens with two attached hydrogens (primary N) is 2. The van der Waals surface area contributed by atoms with Crippen molar-refractivity contribution in [2.45, 2.75) is 49.1 Å². The summed E-state index contributed by atoms with van der Waals surface area (Å²) in [4.78, 5) is 35.4. The van der Waals surface area contributed by atoms with Crippen molar-refractivity contribution in [1.29, 1.82) is 0 Å². The molecule has 4 saturated heterocycles. The van der Waals surface area contributed by atoms with Gasteiger partial charge in [-0.1, -0.05) is 0 Å². The van der Waals surface area contributed by atoms with E-state index in [1.807, 2.05) is 0 Å². The number of fused-ring (bicyclic) bond motifs is 2. The number of hydrogen-bond donors (Lipinski definition) is 6. The predicted molar refractivity (Wildman–Crippen MR) is 110 cm³/mol. The van der Waals surface area contributed by atoms with Crippen LogP contribution in [0.2, 0.25) is 0 Å². The number of carbonyl (C=O) groups is 2. The van der Waals surface area contributed by atoms with Crippen LogP contribution in [-0.4, -0.2) is 127 Å². The molecule has 4 fully saturated rings. The van der Waals surface area contributed by atoms with Crippen molar-refractivity contribution < 1.29 is 77.5 Å². The topological polar surface area (TPSA) is 237 Å². The molecule has 1 spiro atoms. The molecule has 36 heavy (non-hydrogen) atoms. The first-order valence-electron chi connectivity index (χ1n) is 10.9. The van der Waals surface area contributed by atoms with E-state index in [9.17, 15) is 19.8 Å². The third kappa shape index (κ3) is 4.04. The zero-order valence-corrected chi connectivity index (χ0v) is 21.1. The van der Waals surface area contributed by atoms with E-state index >= 15 is 0 Å². The minimum absolute atomic E-state index is 0. The first kappa shape index (κ1) is 25.9. The van der Waals surface area contributed by atoms with Gasteiger partial charge in [-0.05, 0) is 0 Å². The van der Waals surface area contributed by atoms with Gasteiger partial charge in [-0.3, -0.25) is 20.4 Å². The Balaban J connectivity index is 0.00000267. The quantitative estimate of drug-likeness (QED) is 0.189. The van der Waals surface area contributed by atoms with Crippen molar-refractivity contribution >= 4 is 30.9 Å². The average molecular weight is 522 g/mol.